The molecule has 0 aromatic heterocycles. The van der Waals surface area contributed by atoms with Gasteiger partial charge in [0.05, 0.1) is 6.54 Å². The number of nitrogens with zero attached hydrogens (tertiary/aromatic N) is 2. The summed E-state index contributed by atoms with van der Waals surface area (Å²) in [6.07, 6.45) is 1.50. The highest BCUT2D eigenvalue weighted by atomic mass is 16.4. The van der Waals surface area contributed by atoms with Crippen LogP contribution in [0.3, 0.4) is 0 Å². The van der Waals surface area contributed by atoms with Gasteiger partial charge in [-0.05, 0) is 24.7 Å². The summed E-state index contributed by atoms with van der Waals surface area (Å²) < 4.78 is 0. The molecule has 0 fully saturated rings. The Balaban J connectivity index is 4.36. The third kappa shape index (κ3) is 7.14. The first-order valence-electron chi connectivity index (χ1n) is 6.43. The number of carbonyl (C=O) groups excluding carboxylic acids is 1. The van der Waals surface area contributed by atoms with E-state index in [1.54, 1.807) is 4.90 Å². The number of amides is 1. The monoisotopic (exact) mass is 257 g/mol. The van der Waals surface area contributed by atoms with Crippen molar-refractivity contribution in [2.45, 2.75) is 47.5 Å². The van der Waals surface area contributed by atoms with E-state index in [4.69, 9.17) is 10.9 Å². The van der Waals surface area contributed by atoms with Crippen LogP contribution in [0.2, 0.25) is 0 Å². The Morgan fingerprint density at radius 3 is 2.39 bits per heavy atom. The van der Waals surface area contributed by atoms with Gasteiger partial charge in [0.2, 0.25) is 5.91 Å². The number of oxime groups is 1. The standard InChI is InChI=1S/C13H27N3O2/c1-6-16(9-11(14)15-18)12(17)7-10(2)8-13(3,4)5/h10,18H,6-9H2,1-5H3,(H2,14,15). The molecule has 1 atom stereocenters. The second-order valence-electron chi connectivity index (χ2n) is 6.07. The summed E-state index contributed by atoms with van der Waals surface area (Å²) in [7, 11) is 0. The van der Waals surface area contributed by atoms with Crippen molar-refractivity contribution < 1.29 is 10.0 Å². The van der Waals surface area contributed by atoms with Crippen molar-refractivity contribution in [2.75, 3.05) is 13.1 Å². The average molecular weight is 257 g/mol. The van der Waals surface area contributed by atoms with Gasteiger partial charge in [-0.25, -0.2) is 0 Å². The maximum absolute atomic E-state index is 12.1. The van der Waals surface area contributed by atoms with Gasteiger partial charge in [0.25, 0.3) is 0 Å². The molecule has 0 aliphatic heterocycles. The number of nitrogens with two attached hydrogens (primary N) is 1. The minimum absolute atomic E-state index is 0.0563. The van der Waals surface area contributed by atoms with E-state index >= 15 is 0 Å². The molecule has 106 valence electrons. The second kappa shape index (κ2) is 7.24. The summed E-state index contributed by atoms with van der Waals surface area (Å²) in [5.41, 5.74) is 5.65. The quantitative estimate of drug-likeness (QED) is 0.331. The molecule has 18 heavy (non-hydrogen) atoms. The molecule has 5 nitrogen and oxygen atoms in total. The fourth-order valence-electron chi connectivity index (χ4n) is 2.15. The normalized spacial score (nSPS) is 14.4. The van der Waals surface area contributed by atoms with Gasteiger partial charge in [0, 0.05) is 13.0 Å². The first-order valence-corrected chi connectivity index (χ1v) is 6.43. The molecule has 1 unspecified atom stereocenters. The van der Waals surface area contributed by atoms with Crippen molar-refractivity contribution in [3.63, 3.8) is 0 Å². The van der Waals surface area contributed by atoms with Crippen molar-refractivity contribution in [3.8, 4) is 0 Å². The lowest BCUT2D eigenvalue weighted by Gasteiger charge is -2.26. The van der Waals surface area contributed by atoms with E-state index in [1.807, 2.05) is 6.92 Å². The van der Waals surface area contributed by atoms with Gasteiger partial charge in [-0.3, -0.25) is 4.79 Å². The topological polar surface area (TPSA) is 78.9 Å². The van der Waals surface area contributed by atoms with Crippen LogP contribution in [-0.4, -0.2) is 34.9 Å². The SMILES string of the molecule is CCN(CC(N)=NO)C(=O)CC(C)CC(C)(C)C. The second-order valence-corrected chi connectivity index (χ2v) is 6.07. The summed E-state index contributed by atoms with van der Waals surface area (Å²) in [4.78, 5) is 13.7. The van der Waals surface area contributed by atoms with Crippen LogP contribution in [0, 0.1) is 11.3 Å². The van der Waals surface area contributed by atoms with E-state index in [9.17, 15) is 4.79 Å². The van der Waals surface area contributed by atoms with E-state index in [0.29, 0.717) is 18.9 Å². The zero-order valence-electron chi connectivity index (χ0n) is 12.2. The van der Waals surface area contributed by atoms with Crippen molar-refractivity contribution >= 4 is 11.7 Å². The maximum Gasteiger partial charge on any atom is 0.223 e. The van der Waals surface area contributed by atoms with Crippen LogP contribution < -0.4 is 5.73 Å². The predicted molar refractivity (Wildman–Crippen MR) is 73.5 cm³/mol. The molecule has 0 bridgehead atoms. The fourth-order valence-corrected chi connectivity index (χ4v) is 2.15. The van der Waals surface area contributed by atoms with E-state index in [0.717, 1.165) is 6.42 Å². The van der Waals surface area contributed by atoms with Crippen LogP contribution in [0.25, 0.3) is 0 Å². The Bertz CT molecular complexity index is 295. The summed E-state index contributed by atoms with van der Waals surface area (Å²) in [6.45, 7) is 11.2. The third-order valence-corrected chi connectivity index (χ3v) is 2.70. The van der Waals surface area contributed by atoms with Crippen molar-refractivity contribution in [1.82, 2.24) is 4.90 Å². The Hall–Kier alpha value is -1.26. The Morgan fingerprint density at radius 1 is 1.44 bits per heavy atom. The summed E-state index contributed by atoms with van der Waals surface area (Å²) in [5.74, 6) is 0.452. The Morgan fingerprint density at radius 2 is 2.00 bits per heavy atom. The van der Waals surface area contributed by atoms with Gasteiger partial charge in [0.1, 0.15) is 0 Å². The number of carbonyl (C=O) groups is 1. The largest absolute Gasteiger partial charge is 0.409 e. The van der Waals surface area contributed by atoms with Crippen LogP contribution in [0.5, 0.6) is 0 Å². The number of rotatable bonds is 6. The highest BCUT2D eigenvalue weighted by Crippen LogP contribution is 2.26. The smallest absolute Gasteiger partial charge is 0.223 e. The van der Waals surface area contributed by atoms with Crippen molar-refractivity contribution in [3.05, 3.63) is 0 Å². The molecule has 5 heteroatoms. The van der Waals surface area contributed by atoms with Crippen LogP contribution in [-0.2, 0) is 4.79 Å². The fraction of sp³-hybridized carbons (Fsp3) is 0.846. The molecule has 1 amide bonds. The van der Waals surface area contributed by atoms with Gasteiger partial charge in [-0.2, -0.15) is 0 Å². The number of hydrogen-bond donors (Lipinski definition) is 2. The van der Waals surface area contributed by atoms with Crippen molar-refractivity contribution in [2.24, 2.45) is 22.2 Å². The number of likely N-dealkylation sites (N-methyl/N-ethyl adjacent to an activating group) is 1. The first kappa shape index (κ1) is 16.7. The zero-order chi connectivity index (χ0) is 14.3. The van der Waals surface area contributed by atoms with Crippen LogP contribution >= 0.6 is 0 Å². The molecule has 0 aromatic carbocycles. The molecule has 0 aromatic rings. The van der Waals surface area contributed by atoms with E-state index in [2.05, 4.69) is 32.9 Å². The van der Waals surface area contributed by atoms with Crippen LogP contribution in [0.1, 0.15) is 47.5 Å². The summed E-state index contributed by atoms with van der Waals surface area (Å²) in [6, 6.07) is 0. The zero-order valence-corrected chi connectivity index (χ0v) is 12.2. The summed E-state index contributed by atoms with van der Waals surface area (Å²) >= 11 is 0. The molecule has 0 spiro atoms. The van der Waals surface area contributed by atoms with Gasteiger partial charge < -0.3 is 15.8 Å². The van der Waals surface area contributed by atoms with Gasteiger partial charge in [-0.15, -0.1) is 0 Å². The average Bonchev–Trinajstić information content (AvgIpc) is 2.22. The lowest BCUT2D eigenvalue weighted by molar-refractivity contribution is -0.131. The highest BCUT2D eigenvalue weighted by Gasteiger charge is 2.20. The molecular formula is C13H27N3O2. The van der Waals surface area contributed by atoms with E-state index in [1.165, 1.54) is 0 Å². The molecule has 0 rings (SSSR count). The van der Waals surface area contributed by atoms with Crippen LogP contribution in [0.15, 0.2) is 5.16 Å². The molecule has 3 N–H and O–H groups in total. The number of amidine groups is 1. The minimum atomic E-state index is 0.0563. The third-order valence-electron chi connectivity index (χ3n) is 2.70. The van der Waals surface area contributed by atoms with E-state index in [-0.39, 0.29) is 23.7 Å². The highest BCUT2D eigenvalue weighted by molar-refractivity contribution is 5.86. The predicted octanol–water partition coefficient (Wildman–Crippen LogP) is 2.04. The molecule has 0 saturated carbocycles. The summed E-state index contributed by atoms with van der Waals surface area (Å²) in [5, 5.41) is 11.4. The number of hydrogen-bond acceptors (Lipinski definition) is 3. The van der Waals surface area contributed by atoms with Crippen LogP contribution in [0.4, 0.5) is 0 Å². The van der Waals surface area contributed by atoms with Gasteiger partial charge in [-0.1, -0.05) is 32.9 Å². The molecule has 0 heterocycles. The lowest BCUT2D eigenvalue weighted by atomic mass is 9.84. The Labute approximate surface area is 110 Å². The Kier molecular flexibility index (Phi) is 6.73. The van der Waals surface area contributed by atoms with E-state index < -0.39 is 0 Å². The molecular weight excluding hydrogens is 230 g/mol. The molecule has 0 aliphatic carbocycles. The molecule has 0 aliphatic rings. The van der Waals surface area contributed by atoms with Crippen molar-refractivity contribution in [1.29, 1.82) is 0 Å². The first-order chi connectivity index (χ1) is 8.19. The maximum atomic E-state index is 12.1. The van der Waals surface area contributed by atoms with Gasteiger partial charge >= 0.3 is 0 Å². The lowest BCUT2D eigenvalue weighted by Crippen LogP contribution is -2.39. The minimum Gasteiger partial charge on any atom is -0.409 e. The molecule has 0 saturated heterocycles. The van der Waals surface area contributed by atoms with Gasteiger partial charge in [0.15, 0.2) is 5.84 Å². The molecule has 0 radical (unpaired) electrons.